The number of rotatable bonds is 5. The lowest BCUT2D eigenvalue weighted by Crippen LogP contribution is -2.59. The molecule has 3 aromatic rings. The number of fused-ring (bicyclic) bond motifs is 4. The van der Waals surface area contributed by atoms with E-state index >= 15 is 0 Å². The van der Waals surface area contributed by atoms with E-state index < -0.39 is 41.2 Å². The molecule has 0 saturated carbocycles. The molecule has 4 atom stereocenters. The molecule has 0 bridgehead atoms. The summed E-state index contributed by atoms with van der Waals surface area (Å²) in [7, 11) is 0. The lowest BCUT2D eigenvalue weighted by atomic mass is 9.73. The molecular formula is C30H28N2O4. The summed E-state index contributed by atoms with van der Waals surface area (Å²) >= 11 is 0. The summed E-state index contributed by atoms with van der Waals surface area (Å²) in [6.45, 7) is 3.75. The summed E-state index contributed by atoms with van der Waals surface area (Å²) in [5.41, 5.74) is 4.94. The third-order valence-electron chi connectivity index (χ3n) is 8.31. The van der Waals surface area contributed by atoms with Crippen LogP contribution in [-0.2, 0) is 27.3 Å². The molecule has 0 aromatic heterocycles. The molecule has 0 spiro atoms. The van der Waals surface area contributed by atoms with E-state index in [1.54, 1.807) is 13.8 Å². The maximum Gasteiger partial charge on any atom is 0.325 e. The summed E-state index contributed by atoms with van der Waals surface area (Å²) in [5, 5.41) is 13.8. The summed E-state index contributed by atoms with van der Waals surface area (Å²) in [5.74, 6) is -3.96. The van der Waals surface area contributed by atoms with Crippen molar-refractivity contribution in [3.05, 3.63) is 95.1 Å². The minimum Gasteiger partial charge on any atom is -0.480 e. The highest BCUT2D eigenvalue weighted by Gasteiger charge is 2.69. The summed E-state index contributed by atoms with van der Waals surface area (Å²) < 4.78 is 0. The molecule has 6 heteroatoms. The van der Waals surface area contributed by atoms with Crippen molar-refractivity contribution in [1.82, 2.24) is 10.2 Å². The van der Waals surface area contributed by atoms with Gasteiger partial charge in [0.1, 0.15) is 5.54 Å². The van der Waals surface area contributed by atoms with E-state index in [-0.39, 0.29) is 12.5 Å². The van der Waals surface area contributed by atoms with Crippen LogP contribution in [0.2, 0.25) is 0 Å². The molecular weight excluding hydrogens is 452 g/mol. The Kier molecular flexibility index (Phi) is 5.12. The monoisotopic (exact) mass is 480 g/mol. The van der Waals surface area contributed by atoms with Crippen LogP contribution in [0.1, 0.15) is 42.1 Å². The van der Waals surface area contributed by atoms with Gasteiger partial charge in [-0.05, 0) is 45.7 Å². The molecule has 6 rings (SSSR count). The van der Waals surface area contributed by atoms with Gasteiger partial charge in [-0.15, -0.1) is 0 Å². The number of aliphatic carboxylic acids is 1. The fourth-order valence-corrected chi connectivity index (χ4v) is 6.54. The van der Waals surface area contributed by atoms with Crippen LogP contribution in [0.25, 0.3) is 11.1 Å². The number of carbonyl (C=O) groups is 3. The van der Waals surface area contributed by atoms with Crippen LogP contribution >= 0.6 is 0 Å². The van der Waals surface area contributed by atoms with Crippen molar-refractivity contribution in [2.45, 2.75) is 38.4 Å². The first-order valence-electron chi connectivity index (χ1n) is 12.4. The molecule has 2 heterocycles. The highest BCUT2D eigenvalue weighted by Crippen LogP contribution is 2.52. The van der Waals surface area contributed by atoms with Gasteiger partial charge in [0, 0.05) is 6.04 Å². The second kappa shape index (κ2) is 8.14. The van der Waals surface area contributed by atoms with Crippen molar-refractivity contribution in [2.24, 2.45) is 17.8 Å². The first kappa shape index (κ1) is 22.7. The maximum atomic E-state index is 13.8. The normalized spacial score (nSPS) is 26.3. The van der Waals surface area contributed by atoms with Gasteiger partial charge in [0.05, 0.1) is 18.4 Å². The van der Waals surface area contributed by atoms with Crippen molar-refractivity contribution >= 4 is 17.8 Å². The smallest absolute Gasteiger partial charge is 0.325 e. The van der Waals surface area contributed by atoms with E-state index in [1.807, 2.05) is 48.5 Å². The van der Waals surface area contributed by atoms with Crippen LogP contribution in [0.5, 0.6) is 0 Å². The Labute approximate surface area is 209 Å². The number of amides is 2. The molecule has 2 amide bonds. The van der Waals surface area contributed by atoms with Gasteiger partial charge in [-0.3, -0.25) is 24.6 Å². The minimum atomic E-state index is -1.53. The van der Waals surface area contributed by atoms with E-state index in [9.17, 15) is 19.5 Å². The van der Waals surface area contributed by atoms with Crippen molar-refractivity contribution in [3.8, 4) is 11.1 Å². The fraction of sp³-hybridized carbons (Fsp3) is 0.300. The zero-order valence-electron chi connectivity index (χ0n) is 20.3. The number of carbonyl (C=O) groups excluding carboxylic acids is 2. The molecule has 36 heavy (non-hydrogen) atoms. The molecule has 2 saturated heterocycles. The van der Waals surface area contributed by atoms with Gasteiger partial charge < -0.3 is 5.11 Å². The van der Waals surface area contributed by atoms with Crippen molar-refractivity contribution < 1.29 is 19.5 Å². The van der Waals surface area contributed by atoms with Crippen molar-refractivity contribution in [2.75, 3.05) is 0 Å². The van der Waals surface area contributed by atoms with E-state index in [0.717, 1.165) is 28.7 Å². The van der Waals surface area contributed by atoms with E-state index in [4.69, 9.17) is 0 Å². The summed E-state index contributed by atoms with van der Waals surface area (Å²) in [6, 6.07) is 23.2. The summed E-state index contributed by atoms with van der Waals surface area (Å²) in [6.07, 6.45) is 0.793. The Balaban J connectivity index is 1.43. The standard InChI is InChI=1S/C30H28N2O4/c1-17(2)30(29(35)36)25-24(27(33)32(28(25)34)16-18-8-4-3-5-9-18)26(31-30)20-12-13-23-21(15-20)14-19-10-6-7-11-22(19)23/h3-13,15,17,24-26,31H,14,16H2,1-2H3,(H,35,36). The molecule has 6 nitrogen and oxygen atoms in total. The largest absolute Gasteiger partial charge is 0.480 e. The van der Waals surface area contributed by atoms with Crippen LogP contribution in [0, 0.1) is 17.8 Å². The van der Waals surface area contributed by atoms with Crippen LogP contribution in [0.15, 0.2) is 72.8 Å². The Morgan fingerprint density at radius 3 is 2.39 bits per heavy atom. The molecule has 2 aliphatic heterocycles. The number of hydrogen-bond donors (Lipinski definition) is 2. The SMILES string of the molecule is CC(C)C1(C(=O)O)NC(c2ccc3c(c2)Cc2ccccc2-3)C2C(=O)N(Cc3ccccc3)C(=O)C21. The molecule has 0 radical (unpaired) electrons. The topological polar surface area (TPSA) is 86.7 Å². The zero-order valence-corrected chi connectivity index (χ0v) is 20.3. The summed E-state index contributed by atoms with van der Waals surface area (Å²) in [4.78, 5) is 41.6. The van der Waals surface area contributed by atoms with Crippen LogP contribution in [0.4, 0.5) is 0 Å². The predicted molar refractivity (Wildman–Crippen MR) is 135 cm³/mol. The maximum absolute atomic E-state index is 13.8. The molecule has 3 aliphatic rings. The van der Waals surface area contributed by atoms with E-state index in [1.165, 1.54) is 16.0 Å². The number of carboxylic acids is 1. The molecule has 4 unspecified atom stereocenters. The predicted octanol–water partition coefficient (Wildman–Crippen LogP) is 4.18. The number of likely N-dealkylation sites (tertiary alicyclic amines) is 1. The lowest BCUT2D eigenvalue weighted by molar-refractivity contribution is -0.153. The Bertz CT molecular complexity index is 1400. The molecule has 2 fully saturated rings. The quantitative estimate of drug-likeness (QED) is 0.419. The lowest BCUT2D eigenvalue weighted by Gasteiger charge is -2.34. The third-order valence-corrected chi connectivity index (χ3v) is 8.31. The Morgan fingerprint density at radius 1 is 0.972 bits per heavy atom. The van der Waals surface area contributed by atoms with Gasteiger partial charge in [-0.1, -0.05) is 86.6 Å². The number of nitrogens with zero attached hydrogens (tertiary/aromatic N) is 1. The number of benzene rings is 3. The second-order valence-electron chi connectivity index (χ2n) is 10.5. The molecule has 182 valence electrons. The number of nitrogens with one attached hydrogen (secondary N) is 1. The molecule has 2 N–H and O–H groups in total. The van der Waals surface area contributed by atoms with Crippen molar-refractivity contribution in [1.29, 1.82) is 0 Å². The van der Waals surface area contributed by atoms with Gasteiger partial charge in [-0.2, -0.15) is 0 Å². The van der Waals surface area contributed by atoms with Crippen LogP contribution in [0.3, 0.4) is 0 Å². The van der Waals surface area contributed by atoms with Gasteiger partial charge >= 0.3 is 5.97 Å². The van der Waals surface area contributed by atoms with Gasteiger partial charge in [0.2, 0.25) is 11.8 Å². The first-order valence-corrected chi connectivity index (χ1v) is 12.4. The highest BCUT2D eigenvalue weighted by molar-refractivity contribution is 6.09. The van der Waals surface area contributed by atoms with Gasteiger partial charge in [0.15, 0.2) is 0 Å². The number of hydrogen-bond acceptors (Lipinski definition) is 4. The van der Waals surface area contributed by atoms with Gasteiger partial charge in [0.25, 0.3) is 0 Å². The molecule has 1 aliphatic carbocycles. The zero-order chi connectivity index (χ0) is 25.2. The minimum absolute atomic E-state index is 0.144. The van der Waals surface area contributed by atoms with E-state index in [2.05, 4.69) is 29.6 Å². The number of imide groups is 1. The average Bonchev–Trinajstić information content (AvgIpc) is 3.50. The average molecular weight is 481 g/mol. The number of carboxylic acid groups (broad SMARTS) is 1. The molecule has 3 aromatic carbocycles. The van der Waals surface area contributed by atoms with Crippen LogP contribution < -0.4 is 5.32 Å². The van der Waals surface area contributed by atoms with E-state index in [0.29, 0.717) is 0 Å². The van der Waals surface area contributed by atoms with Crippen molar-refractivity contribution in [3.63, 3.8) is 0 Å². The van der Waals surface area contributed by atoms with Crippen LogP contribution in [-0.4, -0.2) is 33.3 Å². The fourth-order valence-electron chi connectivity index (χ4n) is 6.54. The Morgan fingerprint density at radius 2 is 1.67 bits per heavy atom. The third kappa shape index (κ3) is 3.10. The highest BCUT2D eigenvalue weighted by atomic mass is 16.4. The van der Waals surface area contributed by atoms with Gasteiger partial charge in [-0.25, -0.2) is 0 Å². The Hall–Kier alpha value is -3.77. The first-order chi connectivity index (χ1) is 17.3. The second-order valence-corrected chi connectivity index (χ2v) is 10.5.